The molecule has 6 heteroatoms. The third-order valence-corrected chi connectivity index (χ3v) is 20.9. The number of nitrogens with zero attached hydrogens (tertiary/aromatic N) is 3. The van der Waals surface area contributed by atoms with E-state index in [4.69, 9.17) is 4.42 Å². The molecule has 2 aliphatic carbocycles. The summed E-state index contributed by atoms with van der Waals surface area (Å²) in [5, 5.41) is 2.64. The van der Waals surface area contributed by atoms with Gasteiger partial charge in [-0.25, -0.2) is 0 Å². The highest BCUT2D eigenvalue weighted by Gasteiger charge is 2.50. The van der Waals surface area contributed by atoms with E-state index in [2.05, 4.69) is 271 Å². The van der Waals surface area contributed by atoms with Crippen LogP contribution >= 0.6 is 0 Å². The maximum atomic E-state index is 7.77. The molecule has 394 valence electrons. The second kappa shape index (κ2) is 17.1. The Morgan fingerprint density at radius 3 is 1.44 bits per heavy atom. The summed E-state index contributed by atoms with van der Waals surface area (Å²) in [4.78, 5) is 7.74. The number of fused-ring (bicyclic) bond motifs is 8. The molecule has 0 unspecified atom stereocenters. The molecule has 77 heavy (non-hydrogen) atoms. The van der Waals surface area contributed by atoms with Crippen LogP contribution in [-0.4, -0.2) is 14.8 Å². The first-order valence-corrected chi connectivity index (χ1v) is 32.3. The van der Waals surface area contributed by atoms with Gasteiger partial charge in [0.05, 0.1) is 25.1 Å². The summed E-state index contributed by atoms with van der Waals surface area (Å²) in [5.74, 6) is 0. The first-order valence-electron chi connectivity index (χ1n) is 28.8. The van der Waals surface area contributed by atoms with Crippen molar-refractivity contribution < 1.29 is 4.42 Å². The predicted octanol–water partition coefficient (Wildman–Crippen LogP) is 17.8. The minimum atomic E-state index is -1.59. The van der Waals surface area contributed by atoms with E-state index in [-0.39, 0.29) is 39.2 Å². The van der Waals surface area contributed by atoms with Gasteiger partial charge in [0.15, 0.2) is 0 Å². The minimum absolute atomic E-state index is 0.00276. The standard InChI is InChI=1S/C71H82BN3OSi/c1-66(2,3)45-23-27-49(28-24-45)74-59-43-56-55(69(9,10)36-37-70(56,11)12)42-58(59)72-63-60(74)39-51(73(47-21-19-18-20-22-47)48-31-33-52(34-32-48)77(15,16)17)40-61(63)75(50-29-25-46(26-30-50)67(4,5)6)64-53-41-54-57(44-62(53)76-65(64)72)71(13,14)38-35-68(54,7)8/h18-34,39-44H,35-38H2,1-17H3. The lowest BCUT2D eigenvalue weighted by molar-refractivity contribution is 0.332. The van der Waals surface area contributed by atoms with Gasteiger partial charge in [0.1, 0.15) is 5.58 Å². The van der Waals surface area contributed by atoms with Gasteiger partial charge in [-0.3, -0.25) is 0 Å². The van der Waals surface area contributed by atoms with Crippen LogP contribution in [-0.2, 0) is 32.5 Å². The number of furan rings is 1. The summed E-state index contributed by atoms with van der Waals surface area (Å²) in [6.07, 6.45) is 4.55. The van der Waals surface area contributed by atoms with E-state index in [1.165, 1.54) is 71.9 Å². The Morgan fingerprint density at radius 1 is 0.481 bits per heavy atom. The lowest BCUT2D eigenvalue weighted by Gasteiger charge is -2.47. The fourth-order valence-corrected chi connectivity index (χ4v) is 14.8. The zero-order valence-corrected chi connectivity index (χ0v) is 50.4. The van der Waals surface area contributed by atoms with Crippen LogP contribution in [0.25, 0.3) is 11.0 Å². The van der Waals surface area contributed by atoms with Crippen LogP contribution in [0.15, 0.2) is 144 Å². The van der Waals surface area contributed by atoms with Crippen LogP contribution in [0, 0.1) is 0 Å². The summed E-state index contributed by atoms with van der Waals surface area (Å²) in [7, 11) is -1.59. The van der Waals surface area contributed by atoms with E-state index in [1.54, 1.807) is 0 Å². The number of hydrogen-bond donors (Lipinski definition) is 0. The van der Waals surface area contributed by atoms with Crippen molar-refractivity contribution in [2.75, 3.05) is 14.7 Å². The first kappa shape index (κ1) is 51.5. The number of rotatable bonds is 6. The van der Waals surface area contributed by atoms with Crippen molar-refractivity contribution in [3.63, 3.8) is 0 Å². The monoisotopic (exact) mass is 1030 g/mol. The molecule has 0 N–H and O–H groups in total. The van der Waals surface area contributed by atoms with Gasteiger partial charge < -0.3 is 19.1 Å². The average molecular weight is 1030 g/mol. The molecule has 2 aliphatic heterocycles. The zero-order chi connectivity index (χ0) is 54.7. The molecule has 0 fully saturated rings. The molecule has 0 bridgehead atoms. The summed E-state index contributed by atoms with van der Waals surface area (Å²) < 4.78 is 7.77. The maximum absolute atomic E-state index is 7.77. The first-order chi connectivity index (χ1) is 36.0. The Labute approximate surface area is 463 Å². The van der Waals surface area contributed by atoms with Gasteiger partial charge >= 0.3 is 0 Å². The Kier molecular flexibility index (Phi) is 11.5. The zero-order valence-electron chi connectivity index (χ0n) is 49.4. The summed E-state index contributed by atoms with van der Waals surface area (Å²) in [6, 6.07) is 54.8. The summed E-state index contributed by atoms with van der Waals surface area (Å²) >= 11 is 0. The van der Waals surface area contributed by atoms with Crippen LogP contribution in [0.5, 0.6) is 0 Å². The Balaban J connectivity index is 1.25. The molecule has 8 aromatic rings. The van der Waals surface area contributed by atoms with E-state index in [0.717, 1.165) is 71.1 Å². The quantitative estimate of drug-likeness (QED) is 0.155. The molecule has 4 nitrogen and oxygen atoms in total. The fourth-order valence-electron chi connectivity index (χ4n) is 13.6. The van der Waals surface area contributed by atoms with Crippen molar-refractivity contribution in [2.45, 2.75) is 175 Å². The van der Waals surface area contributed by atoms with Gasteiger partial charge in [0.25, 0.3) is 6.71 Å². The van der Waals surface area contributed by atoms with Gasteiger partial charge in [-0.05, 0) is 181 Å². The molecule has 1 aromatic heterocycles. The van der Waals surface area contributed by atoms with Crippen LogP contribution < -0.4 is 36.5 Å². The Bertz CT molecular complexity index is 3630. The van der Waals surface area contributed by atoms with Gasteiger partial charge in [-0.2, -0.15) is 0 Å². The van der Waals surface area contributed by atoms with E-state index in [0.29, 0.717) is 0 Å². The van der Waals surface area contributed by atoms with Crippen LogP contribution in [0.4, 0.5) is 51.2 Å². The smallest absolute Gasteiger partial charge is 0.297 e. The number of anilines is 9. The second-order valence-corrected chi connectivity index (χ2v) is 34.3. The molecular weight excluding hydrogens is 950 g/mol. The number of hydrogen-bond acceptors (Lipinski definition) is 4. The molecule has 0 saturated carbocycles. The van der Waals surface area contributed by atoms with Crippen molar-refractivity contribution in [3.05, 3.63) is 173 Å². The van der Waals surface area contributed by atoms with Crippen molar-refractivity contribution >= 4 is 98.7 Å². The van der Waals surface area contributed by atoms with E-state index in [1.807, 2.05) is 0 Å². The van der Waals surface area contributed by atoms with Crippen molar-refractivity contribution in [2.24, 2.45) is 0 Å². The maximum Gasteiger partial charge on any atom is 0.297 e. The van der Waals surface area contributed by atoms with Crippen LogP contribution in [0.2, 0.25) is 19.6 Å². The third-order valence-electron chi connectivity index (χ3n) is 18.8. The van der Waals surface area contributed by atoms with Crippen molar-refractivity contribution in [1.82, 2.24) is 0 Å². The molecule has 0 saturated heterocycles. The normalized spacial score (nSPS) is 17.8. The van der Waals surface area contributed by atoms with Gasteiger partial charge in [-0.1, -0.05) is 182 Å². The SMILES string of the molecule is CC(C)(C)c1ccc(N2c3cc4c(cc3B3c5oc6cc7c(cc6c5N(c5ccc(C(C)(C)C)cc5)c5cc(N(c6ccccc6)c6ccc([Si](C)(C)C)cc6)cc2c53)C(C)(C)CCC7(C)C)C(C)(C)CCC4(C)C)cc1. The molecule has 0 amide bonds. The van der Waals surface area contributed by atoms with E-state index in [9.17, 15) is 0 Å². The fraction of sp³-hybridized carbons (Fsp3) is 0.380. The molecule has 4 aliphatic rings. The number of benzene rings is 7. The number of para-hydroxylation sites is 1. The van der Waals surface area contributed by atoms with Crippen molar-refractivity contribution in [3.8, 4) is 0 Å². The molecule has 3 heterocycles. The third kappa shape index (κ3) is 8.36. The Hall–Kier alpha value is -6.24. The molecule has 0 spiro atoms. The second-order valence-electron chi connectivity index (χ2n) is 29.3. The van der Waals surface area contributed by atoms with E-state index < -0.39 is 8.07 Å². The van der Waals surface area contributed by atoms with Gasteiger partial charge in [-0.15, -0.1) is 0 Å². The average Bonchev–Trinajstić information content (AvgIpc) is 3.76. The highest BCUT2D eigenvalue weighted by Crippen LogP contribution is 2.55. The lowest BCUT2D eigenvalue weighted by Crippen LogP contribution is -2.61. The summed E-state index contributed by atoms with van der Waals surface area (Å²) in [5.41, 5.74) is 23.4. The minimum Gasteiger partial charge on any atom is -0.468 e. The molecule has 0 atom stereocenters. The molecule has 12 rings (SSSR count). The molecular formula is C71H82BN3OSi. The van der Waals surface area contributed by atoms with Gasteiger partial charge in [0.2, 0.25) is 0 Å². The van der Waals surface area contributed by atoms with Gasteiger partial charge in [0, 0.05) is 45.2 Å². The molecule has 7 aromatic carbocycles. The molecule has 0 radical (unpaired) electrons. The predicted molar refractivity (Wildman–Crippen MR) is 336 cm³/mol. The lowest BCUT2D eigenvalue weighted by atomic mass is 9.35. The van der Waals surface area contributed by atoms with Crippen molar-refractivity contribution in [1.29, 1.82) is 0 Å². The van der Waals surface area contributed by atoms with Crippen LogP contribution in [0.1, 0.15) is 156 Å². The largest absolute Gasteiger partial charge is 0.468 e. The highest BCUT2D eigenvalue weighted by molar-refractivity contribution is 7.00. The topological polar surface area (TPSA) is 22.9 Å². The van der Waals surface area contributed by atoms with Crippen LogP contribution in [0.3, 0.4) is 0 Å². The Morgan fingerprint density at radius 2 is 0.935 bits per heavy atom. The highest BCUT2D eigenvalue weighted by atomic mass is 28.3. The summed E-state index contributed by atoms with van der Waals surface area (Å²) in [6.45, 7) is 40.7. The van der Waals surface area contributed by atoms with E-state index >= 15 is 0 Å².